The second-order valence-electron chi connectivity index (χ2n) is 8.68. The number of likely N-dealkylation sites (N-methyl/N-ethyl adjacent to an activating group) is 1. The van der Waals surface area contributed by atoms with Gasteiger partial charge in [-0.2, -0.15) is 0 Å². The Labute approximate surface area is 209 Å². The number of aliphatic imine (C=N–C) groups is 1. The zero-order chi connectivity index (χ0) is 23.5. The molecule has 3 N–H and O–H groups in total. The highest BCUT2D eigenvalue weighted by Crippen LogP contribution is 2.16. The number of guanidine groups is 1. The molecule has 0 aliphatic carbocycles. The molecule has 2 amide bonds. The van der Waals surface area contributed by atoms with Gasteiger partial charge in [0.2, 0.25) is 5.91 Å². The van der Waals surface area contributed by atoms with Crippen LogP contribution in [-0.2, 0) is 16.0 Å². The molecule has 0 bridgehead atoms. The first-order chi connectivity index (χ1) is 14.5. The predicted molar refractivity (Wildman–Crippen MR) is 138 cm³/mol. The second kappa shape index (κ2) is 14.2. The summed E-state index contributed by atoms with van der Waals surface area (Å²) in [6.07, 6.45) is 3.26. The molecule has 0 saturated heterocycles. The fraction of sp³-hybridized carbons (Fsp3) is 0.682. The van der Waals surface area contributed by atoms with Crippen molar-refractivity contribution in [1.82, 2.24) is 20.9 Å². The number of furan rings is 1. The summed E-state index contributed by atoms with van der Waals surface area (Å²) in [5, 5.41) is 9.51. The number of hydrogen-bond acceptors (Lipinski definition) is 5. The zero-order valence-electron chi connectivity index (χ0n) is 20.4. The van der Waals surface area contributed by atoms with Gasteiger partial charge in [0.05, 0.1) is 11.8 Å². The summed E-state index contributed by atoms with van der Waals surface area (Å²) in [5.74, 6) is 1.26. The molecule has 0 unspecified atom stereocenters. The van der Waals surface area contributed by atoms with Crippen molar-refractivity contribution in [1.29, 1.82) is 0 Å². The zero-order valence-corrected chi connectivity index (χ0v) is 22.7. The normalized spacial score (nSPS) is 11.9. The van der Waals surface area contributed by atoms with Crippen LogP contribution in [0.3, 0.4) is 0 Å². The topological polar surface area (TPSA) is 108 Å². The van der Waals surface area contributed by atoms with Crippen LogP contribution in [-0.4, -0.2) is 67.7 Å². The molecule has 0 fully saturated rings. The fourth-order valence-electron chi connectivity index (χ4n) is 2.72. The number of carbonyl (C=O) groups excluding carboxylic acids is 2. The molecule has 10 heteroatoms. The van der Waals surface area contributed by atoms with E-state index in [4.69, 9.17) is 9.15 Å². The molecule has 1 heterocycles. The van der Waals surface area contributed by atoms with E-state index in [1.807, 2.05) is 46.8 Å². The van der Waals surface area contributed by atoms with Gasteiger partial charge in [-0.05, 0) is 45.7 Å². The van der Waals surface area contributed by atoms with E-state index in [-0.39, 0.29) is 36.4 Å². The highest BCUT2D eigenvalue weighted by Gasteiger charge is 2.30. The van der Waals surface area contributed by atoms with Crippen molar-refractivity contribution in [3.8, 4) is 0 Å². The Morgan fingerprint density at radius 1 is 1.16 bits per heavy atom. The lowest BCUT2D eigenvalue weighted by Crippen LogP contribution is -2.57. The van der Waals surface area contributed by atoms with Crippen molar-refractivity contribution in [2.24, 2.45) is 4.99 Å². The Hall–Kier alpha value is -1.98. The predicted octanol–water partition coefficient (Wildman–Crippen LogP) is 3.15. The van der Waals surface area contributed by atoms with Crippen molar-refractivity contribution in [2.75, 3.05) is 33.7 Å². The second-order valence-corrected chi connectivity index (χ2v) is 8.68. The van der Waals surface area contributed by atoms with Crippen LogP contribution in [0.4, 0.5) is 4.79 Å². The van der Waals surface area contributed by atoms with Crippen LogP contribution in [0.2, 0.25) is 0 Å². The molecule has 0 radical (unpaired) electrons. The number of alkyl carbamates (subject to hydrolysis) is 1. The van der Waals surface area contributed by atoms with Gasteiger partial charge in [-0.1, -0.05) is 13.8 Å². The number of halogens is 1. The molecule has 0 aliphatic rings. The minimum absolute atomic E-state index is 0. The summed E-state index contributed by atoms with van der Waals surface area (Å²) in [6.45, 7) is 10.6. The molecule has 0 aliphatic heterocycles. The number of hydrogen-bond donors (Lipinski definition) is 3. The van der Waals surface area contributed by atoms with Crippen LogP contribution in [0.1, 0.15) is 53.2 Å². The van der Waals surface area contributed by atoms with E-state index >= 15 is 0 Å². The number of rotatable bonds is 10. The van der Waals surface area contributed by atoms with Gasteiger partial charge in [0.15, 0.2) is 5.96 Å². The summed E-state index contributed by atoms with van der Waals surface area (Å²) in [4.78, 5) is 30.2. The van der Waals surface area contributed by atoms with Gasteiger partial charge in [-0.25, -0.2) is 9.79 Å². The molecule has 0 atom stereocenters. The van der Waals surface area contributed by atoms with Crippen molar-refractivity contribution in [3.05, 3.63) is 24.2 Å². The Morgan fingerprint density at radius 2 is 1.81 bits per heavy atom. The number of nitrogens with one attached hydrogen (secondary N) is 3. The highest BCUT2D eigenvalue weighted by molar-refractivity contribution is 14.0. The van der Waals surface area contributed by atoms with Gasteiger partial charge in [0.25, 0.3) is 0 Å². The van der Waals surface area contributed by atoms with Crippen LogP contribution >= 0.6 is 24.0 Å². The molecular weight excluding hydrogens is 525 g/mol. The average molecular weight is 565 g/mol. The molecule has 9 nitrogen and oxygen atoms in total. The lowest BCUT2D eigenvalue weighted by Gasteiger charge is -2.34. The minimum Gasteiger partial charge on any atom is -0.469 e. The van der Waals surface area contributed by atoms with Crippen LogP contribution in [0.25, 0.3) is 0 Å². The van der Waals surface area contributed by atoms with Crippen molar-refractivity contribution < 1.29 is 18.7 Å². The molecule has 32 heavy (non-hydrogen) atoms. The summed E-state index contributed by atoms with van der Waals surface area (Å²) in [7, 11) is 3.39. The van der Waals surface area contributed by atoms with Crippen LogP contribution in [0.15, 0.2) is 27.8 Å². The third kappa shape index (κ3) is 11.6. The smallest absolute Gasteiger partial charge is 0.408 e. The van der Waals surface area contributed by atoms with Gasteiger partial charge in [0, 0.05) is 33.6 Å². The van der Waals surface area contributed by atoms with Crippen LogP contribution in [0.5, 0.6) is 0 Å². The SMILES string of the molecule is CCC(CC)(CNC(=NCC(=O)N(C)C)NCCc1ccco1)NC(=O)OC(C)(C)C.I. The van der Waals surface area contributed by atoms with E-state index < -0.39 is 17.2 Å². The molecule has 184 valence electrons. The lowest BCUT2D eigenvalue weighted by atomic mass is 9.93. The van der Waals surface area contributed by atoms with Crippen molar-refractivity contribution in [3.63, 3.8) is 0 Å². The molecule has 1 rings (SSSR count). The van der Waals surface area contributed by atoms with Gasteiger partial charge in [-0.15, -0.1) is 24.0 Å². The third-order valence-corrected chi connectivity index (χ3v) is 4.83. The molecule has 0 aromatic carbocycles. The molecule has 1 aromatic heterocycles. The third-order valence-electron chi connectivity index (χ3n) is 4.83. The monoisotopic (exact) mass is 565 g/mol. The largest absolute Gasteiger partial charge is 0.469 e. The van der Waals surface area contributed by atoms with Gasteiger partial charge >= 0.3 is 6.09 Å². The van der Waals surface area contributed by atoms with Gasteiger partial charge in [0.1, 0.15) is 17.9 Å². The van der Waals surface area contributed by atoms with Gasteiger partial charge < -0.3 is 30.0 Å². The summed E-state index contributed by atoms with van der Waals surface area (Å²) in [6, 6.07) is 3.75. The summed E-state index contributed by atoms with van der Waals surface area (Å²) < 4.78 is 10.8. The van der Waals surface area contributed by atoms with E-state index in [2.05, 4.69) is 20.9 Å². The van der Waals surface area contributed by atoms with E-state index in [0.29, 0.717) is 38.3 Å². The van der Waals surface area contributed by atoms with Crippen LogP contribution < -0.4 is 16.0 Å². The van der Waals surface area contributed by atoms with Crippen LogP contribution in [0, 0.1) is 0 Å². The Kier molecular flexibility index (Phi) is 13.3. The Morgan fingerprint density at radius 3 is 2.31 bits per heavy atom. The summed E-state index contributed by atoms with van der Waals surface area (Å²) in [5.41, 5.74) is -1.09. The Bertz CT molecular complexity index is 710. The van der Waals surface area contributed by atoms with E-state index in [1.54, 1.807) is 20.4 Å². The highest BCUT2D eigenvalue weighted by atomic mass is 127. The standard InChI is InChI=1S/C22H39N5O4.HI/c1-8-22(9-2,26-20(29)31-21(3,4)5)16-25-19(24-15-18(28)27(6)7)23-13-12-17-11-10-14-30-17;/h10-11,14H,8-9,12-13,15-16H2,1-7H3,(H,26,29)(H2,23,24,25);1H. The minimum atomic E-state index is -0.572. The maximum Gasteiger partial charge on any atom is 0.408 e. The maximum absolute atomic E-state index is 12.4. The van der Waals surface area contributed by atoms with Crippen molar-refractivity contribution >= 4 is 41.9 Å². The van der Waals surface area contributed by atoms with Gasteiger partial charge in [-0.3, -0.25) is 4.79 Å². The van der Waals surface area contributed by atoms with E-state index in [1.165, 1.54) is 4.90 Å². The molecular formula is C22H40IN5O4. The van der Waals surface area contributed by atoms with Crippen molar-refractivity contribution in [2.45, 2.75) is 65.0 Å². The number of nitrogens with zero attached hydrogens (tertiary/aromatic N) is 2. The number of carbonyl (C=O) groups is 2. The number of amides is 2. The fourth-order valence-corrected chi connectivity index (χ4v) is 2.72. The first-order valence-corrected chi connectivity index (χ1v) is 10.8. The Balaban J connectivity index is 0.00000961. The average Bonchev–Trinajstić information content (AvgIpc) is 3.20. The molecule has 0 saturated carbocycles. The molecule has 1 aromatic rings. The first-order valence-electron chi connectivity index (χ1n) is 10.8. The lowest BCUT2D eigenvalue weighted by molar-refractivity contribution is -0.127. The van der Waals surface area contributed by atoms with E-state index in [0.717, 1.165) is 5.76 Å². The first kappa shape index (κ1) is 30.0. The maximum atomic E-state index is 12.4. The quantitative estimate of drug-likeness (QED) is 0.229. The summed E-state index contributed by atoms with van der Waals surface area (Å²) >= 11 is 0. The van der Waals surface area contributed by atoms with E-state index in [9.17, 15) is 9.59 Å². The number of ether oxygens (including phenoxy) is 1. The molecule has 0 spiro atoms.